The molecular weight excluding hydrogens is 453 g/mol. The van der Waals surface area contributed by atoms with Gasteiger partial charge in [0.25, 0.3) is 0 Å². The van der Waals surface area contributed by atoms with E-state index >= 15 is 0 Å². The number of aromatic nitrogens is 4. The Morgan fingerprint density at radius 3 is 2.24 bits per heavy atom. The molecule has 7 nitrogen and oxygen atoms in total. The minimum absolute atomic E-state index is 0.00229. The van der Waals surface area contributed by atoms with Crippen LogP contribution in [0.5, 0.6) is 0 Å². The summed E-state index contributed by atoms with van der Waals surface area (Å²) in [5.41, 5.74) is 1.77. The van der Waals surface area contributed by atoms with Crippen LogP contribution in [0.2, 0.25) is 0 Å². The number of hydrogen-bond donors (Lipinski definition) is 1. The highest BCUT2D eigenvalue weighted by molar-refractivity contribution is 7.99. The van der Waals surface area contributed by atoms with Crippen LogP contribution < -0.4 is 10.7 Å². The van der Waals surface area contributed by atoms with E-state index in [4.69, 9.17) is 0 Å². The van der Waals surface area contributed by atoms with Gasteiger partial charge in [-0.15, -0.1) is 10.2 Å². The normalized spacial score (nSPS) is 11.2. The molecule has 0 radical (unpaired) electrons. The molecule has 34 heavy (non-hydrogen) atoms. The maximum absolute atomic E-state index is 13.8. The maximum Gasteiger partial charge on any atom is 0.234 e. The summed E-state index contributed by atoms with van der Waals surface area (Å²) in [6, 6.07) is 21.0. The molecule has 0 aliphatic rings. The van der Waals surface area contributed by atoms with E-state index in [1.807, 2.05) is 60.1 Å². The van der Waals surface area contributed by atoms with Gasteiger partial charge in [0.1, 0.15) is 5.82 Å². The van der Waals surface area contributed by atoms with Crippen molar-refractivity contribution in [2.75, 3.05) is 11.1 Å². The first-order valence-corrected chi connectivity index (χ1v) is 11.6. The van der Waals surface area contributed by atoms with E-state index < -0.39 is 5.82 Å². The topological polar surface area (TPSA) is 81.8 Å². The summed E-state index contributed by atoms with van der Waals surface area (Å²) in [5.74, 6) is -0.0834. The maximum atomic E-state index is 13.8. The average molecular weight is 474 g/mol. The van der Waals surface area contributed by atoms with Crippen molar-refractivity contribution >= 4 is 45.2 Å². The van der Waals surface area contributed by atoms with Gasteiger partial charge in [-0.3, -0.25) is 9.59 Å². The van der Waals surface area contributed by atoms with Gasteiger partial charge >= 0.3 is 0 Å². The molecule has 9 heteroatoms. The zero-order valence-electron chi connectivity index (χ0n) is 18.2. The number of hydrogen-bond acceptors (Lipinski definition) is 5. The number of nitrogens with zero attached hydrogens (tertiary/aromatic N) is 4. The Morgan fingerprint density at radius 1 is 0.941 bits per heavy atom. The van der Waals surface area contributed by atoms with Crippen molar-refractivity contribution in [2.45, 2.75) is 11.7 Å². The highest BCUT2D eigenvalue weighted by Gasteiger charge is 2.16. The Labute approximate surface area is 198 Å². The molecule has 0 unspecified atom stereocenters. The van der Waals surface area contributed by atoms with Gasteiger partial charge in [-0.1, -0.05) is 48.2 Å². The van der Waals surface area contributed by atoms with Crippen LogP contribution in [0.15, 0.2) is 82.7 Å². The van der Waals surface area contributed by atoms with Crippen LogP contribution in [0.4, 0.5) is 10.1 Å². The highest BCUT2D eigenvalue weighted by Crippen LogP contribution is 2.22. The minimum atomic E-state index is -0.484. The van der Waals surface area contributed by atoms with E-state index in [2.05, 4.69) is 20.1 Å². The lowest BCUT2D eigenvalue weighted by molar-refractivity contribution is -0.113. The largest absolute Gasteiger partial charge is 0.333 e. The number of rotatable bonds is 6. The fraction of sp³-hybridized carbons (Fsp3) is 0.120. The lowest BCUT2D eigenvalue weighted by Crippen LogP contribution is -2.16. The zero-order valence-corrected chi connectivity index (χ0v) is 19.1. The molecule has 0 fully saturated rings. The molecule has 3 aromatic carbocycles. The number of nitrogens with one attached hydrogen (secondary N) is 1. The molecule has 1 N–H and O–H groups in total. The number of carbonyl (C=O) groups is 1. The first-order valence-electron chi connectivity index (χ1n) is 10.6. The van der Waals surface area contributed by atoms with Crippen LogP contribution in [0.3, 0.4) is 0 Å². The molecule has 0 atom stereocenters. The number of pyridine rings is 1. The summed E-state index contributed by atoms with van der Waals surface area (Å²) in [5, 5.41) is 13.0. The molecule has 5 rings (SSSR count). The lowest BCUT2D eigenvalue weighted by Gasteiger charge is -2.15. The second-order valence-electron chi connectivity index (χ2n) is 7.72. The summed E-state index contributed by atoms with van der Waals surface area (Å²) < 4.78 is 17.6. The Morgan fingerprint density at radius 2 is 1.56 bits per heavy atom. The molecule has 0 bridgehead atoms. The van der Waals surface area contributed by atoms with Gasteiger partial charge in [0, 0.05) is 17.8 Å². The van der Waals surface area contributed by atoms with Crippen LogP contribution in [0.1, 0.15) is 5.82 Å². The van der Waals surface area contributed by atoms with E-state index in [0.717, 1.165) is 11.0 Å². The fourth-order valence-corrected chi connectivity index (χ4v) is 4.61. The fourth-order valence-electron chi connectivity index (χ4n) is 3.88. The van der Waals surface area contributed by atoms with Gasteiger partial charge in [-0.25, -0.2) is 4.39 Å². The second kappa shape index (κ2) is 9.11. The summed E-state index contributed by atoms with van der Waals surface area (Å²) in [6.45, 7) is 0.396. The highest BCUT2D eigenvalue weighted by atomic mass is 32.2. The third-order valence-corrected chi connectivity index (χ3v) is 6.60. The molecule has 0 aliphatic heterocycles. The van der Waals surface area contributed by atoms with E-state index in [1.54, 1.807) is 12.1 Å². The number of halogens is 1. The van der Waals surface area contributed by atoms with E-state index in [9.17, 15) is 14.0 Å². The van der Waals surface area contributed by atoms with Crippen LogP contribution in [0, 0.1) is 5.82 Å². The molecule has 1 amide bonds. The average Bonchev–Trinajstić information content (AvgIpc) is 3.21. The van der Waals surface area contributed by atoms with Gasteiger partial charge in [0.05, 0.1) is 29.0 Å². The van der Waals surface area contributed by atoms with Crippen molar-refractivity contribution < 1.29 is 9.18 Å². The van der Waals surface area contributed by atoms with Crippen molar-refractivity contribution in [1.29, 1.82) is 0 Å². The van der Waals surface area contributed by atoms with Gasteiger partial charge in [0.2, 0.25) is 5.91 Å². The summed E-state index contributed by atoms with van der Waals surface area (Å²) >= 11 is 1.22. The molecule has 0 spiro atoms. The number of anilines is 1. The third kappa shape index (κ3) is 4.06. The zero-order chi connectivity index (χ0) is 23.7. The van der Waals surface area contributed by atoms with Crippen molar-refractivity contribution in [3.8, 4) is 0 Å². The predicted molar refractivity (Wildman–Crippen MR) is 132 cm³/mol. The van der Waals surface area contributed by atoms with Crippen LogP contribution in [-0.4, -0.2) is 31.0 Å². The monoisotopic (exact) mass is 473 g/mol. The number of benzene rings is 3. The smallest absolute Gasteiger partial charge is 0.234 e. The lowest BCUT2D eigenvalue weighted by atomic mass is 10.1. The number of para-hydroxylation sites is 3. The number of thioether (sulfide) groups is 1. The molecule has 170 valence electrons. The first-order chi connectivity index (χ1) is 16.5. The van der Waals surface area contributed by atoms with Crippen molar-refractivity contribution in [2.24, 2.45) is 7.05 Å². The Bertz CT molecular complexity index is 1530. The quantitative estimate of drug-likeness (QED) is 0.295. The Balaban J connectivity index is 1.40. The molecule has 0 saturated heterocycles. The standard InChI is InChI=1S/C25H20FN5O2S/c1-30-22(28-29-25(30)34-15-23(32)27-19-11-5-4-10-18(19)26)14-31-20-12-6-2-8-16(20)24(33)17-9-3-7-13-21(17)31/h2-13H,14-15H2,1H3,(H,27,32). The minimum Gasteiger partial charge on any atom is -0.333 e. The van der Waals surface area contributed by atoms with E-state index in [-0.39, 0.29) is 22.8 Å². The summed E-state index contributed by atoms with van der Waals surface area (Å²) in [4.78, 5) is 25.2. The number of carbonyl (C=O) groups excluding carboxylic acids is 1. The van der Waals surface area contributed by atoms with Gasteiger partial charge in [0.15, 0.2) is 16.4 Å². The number of amides is 1. The third-order valence-electron chi connectivity index (χ3n) is 5.58. The molecule has 5 aromatic rings. The number of fused-ring (bicyclic) bond motifs is 2. The molecule has 2 aromatic heterocycles. The van der Waals surface area contributed by atoms with Gasteiger partial charge in [-0.05, 0) is 36.4 Å². The van der Waals surface area contributed by atoms with Crippen LogP contribution in [-0.2, 0) is 18.4 Å². The van der Waals surface area contributed by atoms with E-state index in [1.165, 1.54) is 23.9 Å². The summed E-state index contributed by atoms with van der Waals surface area (Å²) in [6.07, 6.45) is 0. The van der Waals surface area contributed by atoms with Crippen LogP contribution >= 0.6 is 11.8 Å². The first kappa shape index (κ1) is 21.8. The Hall–Kier alpha value is -3.98. The van der Waals surface area contributed by atoms with E-state index in [0.29, 0.717) is 28.3 Å². The predicted octanol–water partition coefficient (Wildman–Crippen LogP) is 4.20. The molecule has 0 aliphatic carbocycles. The van der Waals surface area contributed by atoms with Gasteiger partial charge < -0.3 is 14.5 Å². The van der Waals surface area contributed by atoms with Gasteiger partial charge in [-0.2, -0.15) is 0 Å². The van der Waals surface area contributed by atoms with Crippen LogP contribution in [0.25, 0.3) is 21.8 Å². The Kier molecular flexibility index (Phi) is 5.85. The molecular formula is C25H20FN5O2S. The molecule has 0 saturated carbocycles. The molecule has 2 heterocycles. The SMILES string of the molecule is Cn1c(Cn2c3ccccc3c(=O)c3ccccc32)nnc1SCC(=O)Nc1ccccc1F. The summed E-state index contributed by atoms with van der Waals surface area (Å²) in [7, 11) is 1.83. The van der Waals surface area contributed by atoms with Crippen molar-refractivity contribution in [3.05, 3.63) is 94.7 Å². The second-order valence-corrected chi connectivity index (χ2v) is 8.67. The van der Waals surface area contributed by atoms with Crippen molar-refractivity contribution in [1.82, 2.24) is 19.3 Å². The van der Waals surface area contributed by atoms with Crippen molar-refractivity contribution in [3.63, 3.8) is 0 Å².